The molecule has 6 nitrogen and oxygen atoms in total. The highest BCUT2D eigenvalue weighted by molar-refractivity contribution is 6.05. The summed E-state index contributed by atoms with van der Waals surface area (Å²) in [6, 6.07) is 14.9. The van der Waals surface area contributed by atoms with Gasteiger partial charge in [-0.2, -0.15) is 0 Å². The van der Waals surface area contributed by atoms with Crippen molar-refractivity contribution in [1.29, 1.82) is 0 Å². The van der Waals surface area contributed by atoms with E-state index < -0.39 is 0 Å². The molecule has 0 unspecified atom stereocenters. The van der Waals surface area contributed by atoms with Crippen LogP contribution in [0, 0.1) is 0 Å². The molecule has 4 N–H and O–H groups in total. The van der Waals surface area contributed by atoms with Gasteiger partial charge in [0, 0.05) is 29.2 Å². The lowest BCUT2D eigenvalue weighted by Gasteiger charge is -2.05. The highest BCUT2D eigenvalue weighted by Crippen LogP contribution is 2.18. The Bertz CT molecular complexity index is 897. The first-order chi connectivity index (χ1) is 12.2. The summed E-state index contributed by atoms with van der Waals surface area (Å²) in [6.45, 7) is 0.497. The number of hydrogen-bond acceptors (Lipinski definition) is 3. The maximum absolute atomic E-state index is 12.1. The van der Waals surface area contributed by atoms with Gasteiger partial charge in [0.1, 0.15) is 5.75 Å². The van der Waals surface area contributed by atoms with E-state index in [2.05, 4.69) is 21.4 Å². The van der Waals surface area contributed by atoms with Gasteiger partial charge in [-0.25, -0.2) is 0 Å². The number of benzene rings is 2. The Kier molecular flexibility index (Phi) is 4.99. The first kappa shape index (κ1) is 16.6. The number of ether oxygens (including phenoxy) is 1. The second-order valence-corrected chi connectivity index (χ2v) is 5.56. The van der Waals surface area contributed by atoms with E-state index >= 15 is 0 Å². The number of carbonyl (C=O) groups excluding carboxylic acids is 1. The molecule has 128 valence electrons. The number of amides is 1. The first-order valence-corrected chi connectivity index (χ1v) is 7.97. The minimum absolute atomic E-state index is 0.112. The molecular formula is C19H20N4O2. The van der Waals surface area contributed by atoms with Crippen molar-refractivity contribution in [2.75, 3.05) is 13.7 Å². The summed E-state index contributed by atoms with van der Waals surface area (Å²) in [5.74, 6) is 0.508. The van der Waals surface area contributed by atoms with Crippen LogP contribution in [0.2, 0.25) is 0 Å². The SMILES string of the molecule is COc1ccc(C(=O)NC(N)=NCCc2c[nH]c3ccccc23)cc1. The second kappa shape index (κ2) is 7.53. The van der Waals surface area contributed by atoms with E-state index in [1.165, 1.54) is 10.9 Å². The highest BCUT2D eigenvalue weighted by atomic mass is 16.5. The van der Waals surface area contributed by atoms with Gasteiger partial charge in [-0.05, 0) is 42.3 Å². The van der Waals surface area contributed by atoms with E-state index in [0.717, 1.165) is 11.9 Å². The van der Waals surface area contributed by atoms with Gasteiger partial charge in [-0.15, -0.1) is 0 Å². The average molecular weight is 336 g/mol. The third kappa shape index (κ3) is 3.98. The number of nitrogens with two attached hydrogens (primary N) is 1. The molecule has 1 aromatic heterocycles. The zero-order chi connectivity index (χ0) is 17.6. The quantitative estimate of drug-likeness (QED) is 0.493. The van der Waals surface area contributed by atoms with Crippen LogP contribution < -0.4 is 15.8 Å². The molecule has 0 bridgehead atoms. The van der Waals surface area contributed by atoms with Crippen LogP contribution in [0.4, 0.5) is 0 Å². The number of aromatic amines is 1. The standard InChI is InChI=1S/C19H20N4O2/c1-25-15-8-6-13(7-9-15)18(24)23-19(20)21-11-10-14-12-22-17-5-3-2-4-16(14)17/h2-9,12,22H,10-11H2,1H3,(H3,20,21,23,24). The summed E-state index contributed by atoms with van der Waals surface area (Å²) >= 11 is 0. The zero-order valence-electron chi connectivity index (χ0n) is 14.0. The van der Waals surface area contributed by atoms with E-state index in [-0.39, 0.29) is 11.9 Å². The molecular weight excluding hydrogens is 316 g/mol. The largest absolute Gasteiger partial charge is 0.497 e. The van der Waals surface area contributed by atoms with Crippen LogP contribution in [-0.4, -0.2) is 30.5 Å². The van der Waals surface area contributed by atoms with Crippen molar-refractivity contribution in [3.8, 4) is 5.75 Å². The van der Waals surface area contributed by atoms with Gasteiger partial charge in [-0.1, -0.05) is 18.2 Å². The first-order valence-electron chi connectivity index (χ1n) is 7.97. The van der Waals surface area contributed by atoms with Crippen LogP contribution in [0.1, 0.15) is 15.9 Å². The van der Waals surface area contributed by atoms with Gasteiger partial charge in [0.2, 0.25) is 0 Å². The van der Waals surface area contributed by atoms with E-state index in [1.54, 1.807) is 31.4 Å². The van der Waals surface area contributed by atoms with Crippen molar-refractivity contribution in [3.05, 3.63) is 65.9 Å². The van der Waals surface area contributed by atoms with Crippen LogP contribution in [-0.2, 0) is 6.42 Å². The molecule has 0 aliphatic rings. The van der Waals surface area contributed by atoms with Crippen LogP contribution in [0.25, 0.3) is 10.9 Å². The minimum Gasteiger partial charge on any atom is -0.497 e. The normalized spacial score (nSPS) is 11.5. The van der Waals surface area contributed by atoms with Gasteiger partial charge in [0.25, 0.3) is 5.91 Å². The Labute approximate surface area is 145 Å². The molecule has 0 aliphatic carbocycles. The van der Waals surface area contributed by atoms with Crippen LogP contribution in [0.5, 0.6) is 5.75 Å². The number of para-hydroxylation sites is 1. The Hall–Kier alpha value is -3.28. The lowest BCUT2D eigenvalue weighted by Crippen LogP contribution is -2.37. The molecule has 0 aliphatic heterocycles. The predicted octanol–water partition coefficient (Wildman–Crippen LogP) is 2.46. The van der Waals surface area contributed by atoms with Crippen molar-refractivity contribution in [1.82, 2.24) is 10.3 Å². The molecule has 3 aromatic rings. The number of nitrogens with zero attached hydrogens (tertiary/aromatic N) is 1. The molecule has 0 saturated carbocycles. The van der Waals surface area contributed by atoms with Gasteiger partial charge in [0.05, 0.1) is 7.11 Å². The maximum Gasteiger partial charge on any atom is 0.257 e. The zero-order valence-corrected chi connectivity index (χ0v) is 14.0. The van der Waals surface area contributed by atoms with E-state index in [1.807, 2.05) is 24.4 Å². The fourth-order valence-corrected chi connectivity index (χ4v) is 2.61. The van der Waals surface area contributed by atoms with Gasteiger partial charge in [0.15, 0.2) is 5.96 Å². The smallest absolute Gasteiger partial charge is 0.257 e. The number of fused-ring (bicyclic) bond motifs is 1. The van der Waals surface area contributed by atoms with Crippen molar-refractivity contribution >= 4 is 22.8 Å². The molecule has 0 fully saturated rings. The topological polar surface area (TPSA) is 92.5 Å². The summed E-state index contributed by atoms with van der Waals surface area (Å²) in [6.07, 6.45) is 2.72. The lowest BCUT2D eigenvalue weighted by molar-refractivity contribution is 0.0976. The van der Waals surface area contributed by atoms with Gasteiger partial charge >= 0.3 is 0 Å². The molecule has 1 heterocycles. The summed E-state index contributed by atoms with van der Waals surface area (Å²) in [7, 11) is 1.58. The number of H-pyrrole nitrogens is 1. The van der Waals surface area contributed by atoms with Crippen molar-refractivity contribution in [2.24, 2.45) is 10.7 Å². The van der Waals surface area contributed by atoms with E-state index in [9.17, 15) is 4.79 Å². The minimum atomic E-state index is -0.295. The molecule has 0 spiro atoms. The number of methoxy groups -OCH3 is 1. The molecule has 1 amide bonds. The fourth-order valence-electron chi connectivity index (χ4n) is 2.61. The summed E-state index contributed by atoms with van der Waals surface area (Å²) in [5.41, 5.74) is 8.58. The number of carbonyl (C=O) groups is 1. The van der Waals surface area contributed by atoms with Gasteiger partial charge in [-0.3, -0.25) is 15.1 Å². The number of guanidine groups is 1. The van der Waals surface area contributed by atoms with E-state index in [0.29, 0.717) is 17.9 Å². The fraction of sp³-hybridized carbons (Fsp3) is 0.158. The Balaban J connectivity index is 1.57. The molecule has 0 saturated heterocycles. The highest BCUT2D eigenvalue weighted by Gasteiger charge is 2.07. The Morgan fingerprint density at radius 2 is 1.96 bits per heavy atom. The second-order valence-electron chi connectivity index (χ2n) is 5.56. The third-order valence-corrected chi connectivity index (χ3v) is 3.93. The van der Waals surface area contributed by atoms with Crippen LogP contribution in [0.3, 0.4) is 0 Å². The predicted molar refractivity (Wildman–Crippen MR) is 99.0 cm³/mol. The van der Waals surface area contributed by atoms with Crippen LogP contribution >= 0.6 is 0 Å². The number of aromatic nitrogens is 1. The number of hydrogen-bond donors (Lipinski definition) is 3. The van der Waals surface area contributed by atoms with Gasteiger partial charge < -0.3 is 15.5 Å². The van der Waals surface area contributed by atoms with E-state index in [4.69, 9.17) is 10.5 Å². The van der Waals surface area contributed by atoms with Crippen molar-refractivity contribution in [3.63, 3.8) is 0 Å². The number of aliphatic imine (C=N–C) groups is 1. The molecule has 0 atom stereocenters. The average Bonchev–Trinajstić information content (AvgIpc) is 3.05. The summed E-state index contributed by atoms with van der Waals surface area (Å²) in [5, 5.41) is 3.77. The van der Waals surface area contributed by atoms with Crippen molar-refractivity contribution < 1.29 is 9.53 Å². The Morgan fingerprint density at radius 3 is 2.72 bits per heavy atom. The Morgan fingerprint density at radius 1 is 1.20 bits per heavy atom. The summed E-state index contributed by atoms with van der Waals surface area (Å²) in [4.78, 5) is 19.6. The molecule has 3 rings (SSSR count). The summed E-state index contributed by atoms with van der Waals surface area (Å²) < 4.78 is 5.07. The monoisotopic (exact) mass is 336 g/mol. The molecule has 25 heavy (non-hydrogen) atoms. The lowest BCUT2D eigenvalue weighted by atomic mass is 10.1. The molecule has 0 radical (unpaired) electrons. The number of nitrogens with one attached hydrogen (secondary N) is 2. The number of rotatable bonds is 5. The maximum atomic E-state index is 12.1. The van der Waals surface area contributed by atoms with Crippen LogP contribution in [0.15, 0.2) is 59.7 Å². The molecule has 6 heteroatoms. The van der Waals surface area contributed by atoms with Crippen molar-refractivity contribution in [2.45, 2.75) is 6.42 Å². The molecule has 2 aromatic carbocycles. The third-order valence-electron chi connectivity index (χ3n) is 3.93.